The normalized spacial score (nSPS) is 23.9. The van der Waals surface area contributed by atoms with Gasteiger partial charge < -0.3 is 30.0 Å². The van der Waals surface area contributed by atoms with Crippen LogP contribution in [0.15, 0.2) is 4.99 Å². The molecule has 0 saturated carbocycles. The van der Waals surface area contributed by atoms with E-state index in [0.29, 0.717) is 19.1 Å². The lowest BCUT2D eigenvalue weighted by atomic mass is 9.84. The van der Waals surface area contributed by atoms with Gasteiger partial charge in [0.1, 0.15) is 0 Å². The number of aliphatic imine (C=N–C) groups is 1. The number of guanidine groups is 1. The third-order valence-corrected chi connectivity index (χ3v) is 5.20. The van der Waals surface area contributed by atoms with Gasteiger partial charge in [0.25, 0.3) is 0 Å². The number of hydrogen-bond donors (Lipinski definition) is 3. The molecule has 7 nitrogen and oxygen atoms in total. The third-order valence-electron chi connectivity index (χ3n) is 5.20. The van der Waals surface area contributed by atoms with Crippen molar-refractivity contribution in [3.8, 4) is 0 Å². The van der Waals surface area contributed by atoms with Crippen LogP contribution in [0.25, 0.3) is 0 Å². The van der Waals surface area contributed by atoms with E-state index in [9.17, 15) is 5.11 Å². The summed E-state index contributed by atoms with van der Waals surface area (Å²) in [5.74, 6) is 1.49. The van der Waals surface area contributed by atoms with Crippen LogP contribution in [0, 0.1) is 11.3 Å². The summed E-state index contributed by atoms with van der Waals surface area (Å²) in [5.41, 5.74) is -0.01000. The van der Waals surface area contributed by atoms with Crippen molar-refractivity contribution in [2.24, 2.45) is 16.3 Å². The lowest BCUT2D eigenvalue weighted by Gasteiger charge is -2.25. The van der Waals surface area contributed by atoms with Gasteiger partial charge in [-0.3, -0.25) is 4.99 Å². The molecule has 8 heteroatoms. The summed E-state index contributed by atoms with van der Waals surface area (Å²) in [7, 11) is 0. The maximum absolute atomic E-state index is 9.32. The van der Waals surface area contributed by atoms with Crippen molar-refractivity contribution < 1.29 is 19.3 Å². The van der Waals surface area contributed by atoms with Crippen molar-refractivity contribution in [2.45, 2.75) is 39.0 Å². The molecule has 2 aliphatic rings. The lowest BCUT2D eigenvalue weighted by Crippen LogP contribution is -2.39. The van der Waals surface area contributed by atoms with Gasteiger partial charge in [0.2, 0.25) is 0 Å². The van der Waals surface area contributed by atoms with E-state index in [2.05, 4.69) is 17.6 Å². The zero-order valence-electron chi connectivity index (χ0n) is 16.7. The van der Waals surface area contributed by atoms with E-state index < -0.39 is 0 Å². The van der Waals surface area contributed by atoms with Gasteiger partial charge in [-0.2, -0.15) is 0 Å². The van der Waals surface area contributed by atoms with Crippen LogP contribution in [-0.2, 0) is 14.2 Å². The molecule has 160 valence electrons. The van der Waals surface area contributed by atoms with E-state index in [1.165, 1.54) is 0 Å². The van der Waals surface area contributed by atoms with Gasteiger partial charge in [-0.15, -0.1) is 24.0 Å². The van der Waals surface area contributed by atoms with Crippen LogP contribution < -0.4 is 10.6 Å². The van der Waals surface area contributed by atoms with Gasteiger partial charge in [-0.05, 0) is 44.9 Å². The number of ether oxygens (including phenoxy) is 3. The Morgan fingerprint density at radius 2 is 2.04 bits per heavy atom. The van der Waals surface area contributed by atoms with Crippen molar-refractivity contribution in [3.05, 3.63) is 0 Å². The second-order valence-electron chi connectivity index (χ2n) is 7.38. The van der Waals surface area contributed by atoms with Crippen LogP contribution in [0.4, 0.5) is 0 Å². The van der Waals surface area contributed by atoms with Crippen LogP contribution in [0.3, 0.4) is 0 Å². The Bertz CT molecular complexity index is 400. The Labute approximate surface area is 181 Å². The highest BCUT2D eigenvalue weighted by atomic mass is 127. The molecule has 0 aromatic carbocycles. The molecule has 0 spiro atoms. The highest BCUT2D eigenvalue weighted by Crippen LogP contribution is 2.32. The standard InChI is InChI=1S/C19H37N3O4.HI/c1-2-20-18(22-15-19(6-9-23)7-13-26-16-19)21-8-3-10-25-14-17-4-11-24-12-5-17;/h17,23H,2-16H2,1H3,(H2,20,21,22);1H. The number of rotatable bonds is 11. The number of nitrogens with zero attached hydrogens (tertiary/aromatic N) is 1. The smallest absolute Gasteiger partial charge is 0.191 e. The molecule has 3 N–H and O–H groups in total. The SMILES string of the molecule is CCNC(=NCC1(CCO)CCOC1)NCCCOCC1CCOCC1.I. The summed E-state index contributed by atoms with van der Waals surface area (Å²) in [6, 6.07) is 0. The lowest BCUT2D eigenvalue weighted by molar-refractivity contribution is 0.0203. The van der Waals surface area contributed by atoms with Crippen molar-refractivity contribution in [2.75, 3.05) is 65.9 Å². The maximum Gasteiger partial charge on any atom is 0.191 e. The second kappa shape index (κ2) is 14.8. The maximum atomic E-state index is 9.32. The Balaban J connectivity index is 0.00000364. The number of aliphatic hydroxyl groups excluding tert-OH is 1. The summed E-state index contributed by atoms with van der Waals surface area (Å²) in [5, 5.41) is 16.0. The first kappa shape index (κ1) is 24.9. The molecular formula is C19H38IN3O4. The largest absolute Gasteiger partial charge is 0.396 e. The van der Waals surface area contributed by atoms with Gasteiger partial charge >= 0.3 is 0 Å². The molecule has 0 amide bonds. The van der Waals surface area contributed by atoms with Crippen molar-refractivity contribution in [1.82, 2.24) is 10.6 Å². The van der Waals surface area contributed by atoms with Crippen molar-refractivity contribution in [1.29, 1.82) is 0 Å². The fraction of sp³-hybridized carbons (Fsp3) is 0.947. The van der Waals surface area contributed by atoms with Crippen LogP contribution >= 0.6 is 24.0 Å². The van der Waals surface area contributed by atoms with E-state index in [0.717, 1.165) is 84.2 Å². The molecular weight excluding hydrogens is 461 g/mol. The fourth-order valence-electron chi connectivity index (χ4n) is 3.42. The van der Waals surface area contributed by atoms with Gasteiger partial charge in [0.15, 0.2) is 5.96 Å². The summed E-state index contributed by atoms with van der Waals surface area (Å²) >= 11 is 0. The van der Waals surface area contributed by atoms with Crippen LogP contribution in [0.1, 0.15) is 39.0 Å². The Hall–Kier alpha value is -0.160. The van der Waals surface area contributed by atoms with Gasteiger partial charge in [0.05, 0.1) is 13.2 Å². The number of nitrogens with one attached hydrogen (secondary N) is 2. The molecule has 0 radical (unpaired) electrons. The van der Waals surface area contributed by atoms with Crippen LogP contribution in [0.2, 0.25) is 0 Å². The first-order chi connectivity index (χ1) is 12.8. The van der Waals surface area contributed by atoms with E-state index in [4.69, 9.17) is 19.2 Å². The first-order valence-electron chi connectivity index (χ1n) is 10.1. The average molecular weight is 499 g/mol. The van der Waals surface area contributed by atoms with Gasteiger partial charge in [-0.1, -0.05) is 0 Å². The number of halogens is 1. The van der Waals surface area contributed by atoms with Gasteiger partial charge in [0, 0.05) is 58.1 Å². The molecule has 1 unspecified atom stereocenters. The molecule has 2 saturated heterocycles. The zero-order chi connectivity index (χ0) is 18.5. The van der Waals surface area contributed by atoms with Gasteiger partial charge in [-0.25, -0.2) is 0 Å². The summed E-state index contributed by atoms with van der Waals surface area (Å²) in [6.45, 7) is 9.43. The molecule has 2 fully saturated rings. The van der Waals surface area contributed by atoms with Crippen molar-refractivity contribution >= 4 is 29.9 Å². The monoisotopic (exact) mass is 499 g/mol. The molecule has 0 aromatic rings. The fourth-order valence-corrected chi connectivity index (χ4v) is 3.42. The molecule has 27 heavy (non-hydrogen) atoms. The minimum Gasteiger partial charge on any atom is -0.396 e. The van der Waals surface area contributed by atoms with Crippen LogP contribution in [0.5, 0.6) is 0 Å². The number of hydrogen-bond acceptors (Lipinski definition) is 5. The predicted octanol–water partition coefficient (Wildman–Crippen LogP) is 1.78. The zero-order valence-corrected chi connectivity index (χ0v) is 19.0. The summed E-state index contributed by atoms with van der Waals surface area (Å²) in [6.07, 6.45) is 4.91. The molecule has 0 bridgehead atoms. The Morgan fingerprint density at radius 3 is 2.70 bits per heavy atom. The summed E-state index contributed by atoms with van der Waals surface area (Å²) < 4.78 is 16.7. The predicted molar refractivity (Wildman–Crippen MR) is 118 cm³/mol. The quantitative estimate of drug-likeness (QED) is 0.174. The molecule has 1 atom stereocenters. The second-order valence-corrected chi connectivity index (χ2v) is 7.38. The van der Waals surface area contributed by atoms with E-state index in [-0.39, 0.29) is 36.0 Å². The van der Waals surface area contributed by atoms with E-state index >= 15 is 0 Å². The minimum absolute atomic E-state index is 0. The number of aliphatic hydroxyl groups is 1. The topological polar surface area (TPSA) is 84.3 Å². The average Bonchev–Trinajstić information content (AvgIpc) is 3.12. The highest BCUT2D eigenvalue weighted by Gasteiger charge is 2.34. The molecule has 2 aliphatic heterocycles. The molecule has 2 heterocycles. The Kier molecular flexibility index (Phi) is 13.6. The molecule has 0 aliphatic carbocycles. The molecule has 2 rings (SSSR count). The van der Waals surface area contributed by atoms with Crippen LogP contribution in [-0.4, -0.2) is 76.9 Å². The van der Waals surface area contributed by atoms with E-state index in [1.807, 2.05) is 0 Å². The van der Waals surface area contributed by atoms with E-state index in [1.54, 1.807) is 0 Å². The Morgan fingerprint density at radius 1 is 1.22 bits per heavy atom. The molecule has 0 aromatic heterocycles. The minimum atomic E-state index is -0.01000. The highest BCUT2D eigenvalue weighted by molar-refractivity contribution is 14.0. The van der Waals surface area contributed by atoms with Crippen molar-refractivity contribution in [3.63, 3.8) is 0 Å². The first-order valence-corrected chi connectivity index (χ1v) is 10.1. The summed E-state index contributed by atoms with van der Waals surface area (Å²) in [4.78, 5) is 4.73. The third kappa shape index (κ3) is 9.74.